The molecule has 0 unspecified atom stereocenters. The summed E-state index contributed by atoms with van der Waals surface area (Å²) in [7, 11) is 0. The number of amides is 1. The second kappa shape index (κ2) is 8.03. The van der Waals surface area contributed by atoms with Crippen LogP contribution in [-0.4, -0.2) is 47.0 Å². The topological polar surface area (TPSA) is 67.6 Å². The fourth-order valence-electron chi connectivity index (χ4n) is 3.27. The van der Waals surface area contributed by atoms with Crippen molar-refractivity contribution >= 4 is 5.91 Å². The summed E-state index contributed by atoms with van der Waals surface area (Å²) in [6.07, 6.45) is 0.897. The van der Waals surface area contributed by atoms with Crippen molar-refractivity contribution in [1.82, 2.24) is 9.80 Å². The Hall–Kier alpha value is -2.84. The highest BCUT2D eigenvalue weighted by molar-refractivity contribution is 5.96. The number of aromatic hydroxyl groups is 1. The van der Waals surface area contributed by atoms with Crippen LogP contribution in [0.15, 0.2) is 42.5 Å². The van der Waals surface area contributed by atoms with Gasteiger partial charge in [-0.1, -0.05) is 18.2 Å². The molecule has 5 heteroatoms. The van der Waals surface area contributed by atoms with E-state index in [1.165, 1.54) is 5.56 Å². The maximum Gasteiger partial charge on any atom is 0.257 e. The molecular formula is C21H23N3O2. The molecule has 2 aromatic rings. The third-order valence-corrected chi connectivity index (χ3v) is 4.75. The van der Waals surface area contributed by atoms with Crippen molar-refractivity contribution in [1.29, 1.82) is 5.26 Å². The smallest absolute Gasteiger partial charge is 0.257 e. The molecule has 26 heavy (non-hydrogen) atoms. The molecule has 1 amide bonds. The Labute approximate surface area is 154 Å². The Morgan fingerprint density at radius 2 is 1.88 bits per heavy atom. The van der Waals surface area contributed by atoms with Crippen molar-refractivity contribution in [3.63, 3.8) is 0 Å². The van der Waals surface area contributed by atoms with Gasteiger partial charge in [-0.25, -0.2) is 0 Å². The fourth-order valence-corrected chi connectivity index (χ4v) is 3.27. The Morgan fingerprint density at radius 3 is 2.58 bits per heavy atom. The summed E-state index contributed by atoms with van der Waals surface area (Å²) in [5.41, 5.74) is 3.14. The van der Waals surface area contributed by atoms with Gasteiger partial charge in [0.15, 0.2) is 0 Å². The summed E-state index contributed by atoms with van der Waals surface area (Å²) in [5.74, 6) is -0.0589. The maximum atomic E-state index is 12.7. The molecule has 1 aliphatic rings. The van der Waals surface area contributed by atoms with Crippen LogP contribution < -0.4 is 0 Å². The molecular weight excluding hydrogens is 326 g/mol. The van der Waals surface area contributed by atoms with Crippen molar-refractivity contribution in [2.45, 2.75) is 19.9 Å². The SMILES string of the molecule is Cc1ccc(C(=O)N2CCCN(Cc3ccc(C#N)cc3)CC2)c(O)c1. The maximum absolute atomic E-state index is 12.7. The van der Waals surface area contributed by atoms with Gasteiger partial charge in [-0.3, -0.25) is 9.69 Å². The van der Waals surface area contributed by atoms with E-state index in [1.54, 1.807) is 12.1 Å². The van der Waals surface area contributed by atoms with Gasteiger partial charge in [-0.15, -0.1) is 0 Å². The van der Waals surface area contributed by atoms with Crippen LogP contribution >= 0.6 is 0 Å². The number of nitriles is 1. The Balaban J connectivity index is 1.62. The van der Waals surface area contributed by atoms with Crippen molar-refractivity contribution in [2.24, 2.45) is 0 Å². The van der Waals surface area contributed by atoms with Crippen LogP contribution in [0.3, 0.4) is 0 Å². The first-order chi connectivity index (χ1) is 12.6. The van der Waals surface area contributed by atoms with Crippen molar-refractivity contribution in [3.8, 4) is 11.8 Å². The highest BCUT2D eigenvalue weighted by Gasteiger charge is 2.22. The Bertz CT molecular complexity index is 824. The molecule has 1 saturated heterocycles. The third-order valence-electron chi connectivity index (χ3n) is 4.75. The van der Waals surface area contributed by atoms with E-state index < -0.39 is 0 Å². The number of hydrogen-bond donors (Lipinski definition) is 1. The average molecular weight is 349 g/mol. The molecule has 5 nitrogen and oxygen atoms in total. The van der Waals surface area contributed by atoms with Crippen LogP contribution in [0, 0.1) is 18.3 Å². The molecule has 0 aliphatic carbocycles. The number of phenols is 1. The van der Waals surface area contributed by atoms with E-state index in [9.17, 15) is 9.90 Å². The average Bonchev–Trinajstić information content (AvgIpc) is 2.87. The van der Waals surface area contributed by atoms with Gasteiger partial charge in [-0.2, -0.15) is 5.26 Å². The molecule has 134 valence electrons. The molecule has 1 fully saturated rings. The minimum absolute atomic E-state index is 0.0497. The van der Waals surface area contributed by atoms with E-state index in [-0.39, 0.29) is 11.7 Å². The monoisotopic (exact) mass is 349 g/mol. The second-order valence-electron chi connectivity index (χ2n) is 6.75. The highest BCUT2D eigenvalue weighted by atomic mass is 16.3. The first-order valence-electron chi connectivity index (χ1n) is 8.87. The van der Waals surface area contributed by atoms with Gasteiger partial charge in [0.1, 0.15) is 5.75 Å². The van der Waals surface area contributed by atoms with E-state index in [2.05, 4.69) is 11.0 Å². The van der Waals surface area contributed by atoms with Gasteiger partial charge in [0, 0.05) is 32.7 Å². The number of hydrogen-bond acceptors (Lipinski definition) is 4. The lowest BCUT2D eigenvalue weighted by Gasteiger charge is -2.22. The zero-order valence-corrected chi connectivity index (χ0v) is 15.0. The van der Waals surface area contributed by atoms with Crippen LogP contribution in [0.2, 0.25) is 0 Å². The Kier molecular flexibility index (Phi) is 5.55. The fraction of sp³-hybridized carbons (Fsp3) is 0.333. The van der Waals surface area contributed by atoms with Gasteiger partial charge in [0.2, 0.25) is 0 Å². The molecule has 0 atom stereocenters. The summed E-state index contributed by atoms with van der Waals surface area (Å²) in [6, 6.07) is 14.9. The van der Waals surface area contributed by atoms with Crippen LogP contribution in [-0.2, 0) is 6.54 Å². The minimum Gasteiger partial charge on any atom is -0.507 e. The standard InChI is InChI=1S/C21H23N3O2/c1-16-3-8-19(20(25)13-16)21(26)24-10-2-9-23(11-12-24)15-18-6-4-17(14-22)5-7-18/h3-8,13,25H,2,9-12,15H2,1H3. The van der Waals surface area contributed by atoms with Crippen molar-refractivity contribution in [3.05, 3.63) is 64.7 Å². The molecule has 1 aliphatic heterocycles. The van der Waals surface area contributed by atoms with Crippen molar-refractivity contribution < 1.29 is 9.90 Å². The molecule has 1 N–H and O–H groups in total. The predicted octanol–water partition coefficient (Wildman–Crippen LogP) is 2.92. The van der Waals surface area contributed by atoms with E-state index in [0.717, 1.165) is 31.6 Å². The van der Waals surface area contributed by atoms with Gasteiger partial charge >= 0.3 is 0 Å². The zero-order valence-electron chi connectivity index (χ0n) is 15.0. The molecule has 0 aromatic heterocycles. The molecule has 2 aromatic carbocycles. The summed E-state index contributed by atoms with van der Waals surface area (Å²) in [5, 5.41) is 19.0. The zero-order chi connectivity index (χ0) is 18.5. The van der Waals surface area contributed by atoms with Gasteiger partial charge < -0.3 is 10.0 Å². The minimum atomic E-state index is -0.109. The van der Waals surface area contributed by atoms with Gasteiger partial charge in [-0.05, 0) is 48.7 Å². The lowest BCUT2D eigenvalue weighted by molar-refractivity contribution is 0.0758. The number of carbonyl (C=O) groups is 1. The normalized spacial score (nSPS) is 15.3. The number of nitrogens with zero attached hydrogens (tertiary/aromatic N) is 3. The largest absolute Gasteiger partial charge is 0.507 e. The summed E-state index contributed by atoms with van der Waals surface area (Å²) in [4.78, 5) is 16.9. The molecule has 0 saturated carbocycles. The molecule has 3 rings (SSSR count). The first kappa shape index (κ1) is 18.0. The van der Waals surface area contributed by atoms with Gasteiger partial charge in [0.25, 0.3) is 5.91 Å². The first-order valence-corrected chi connectivity index (χ1v) is 8.87. The summed E-state index contributed by atoms with van der Waals surface area (Å²) >= 11 is 0. The van der Waals surface area contributed by atoms with E-state index in [4.69, 9.17) is 5.26 Å². The summed E-state index contributed by atoms with van der Waals surface area (Å²) < 4.78 is 0. The van der Waals surface area contributed by atoms with E-state index in [1.807, 2.05) is 42.2 Å². The summed E-state index contributed by atoms with van der Waals surface area (Å²) in [6.45, 7) is 5.74. The van der Waals surface area contributed by atoms with Crippen LogP contribution in [0.4, 0.5) is 0 Å². The quantitative estimate of drug-likeness (QED) is 0.925. The van der Waals surface area contributed by atoms with Gasteiger partial charge in [0.05, 0.1) is 17.2 Å². The van der Waals surface area contributed by atoms with E-state index in [0.29, 0.717) is 24.2 Å². The number of carbonyl (C=O) groups excluding carboxylic acids is 1. The number of phenolic OH excluding ortho intramolecular Hbond substituents is 1. The lowest BCUT2D eigenvalue weighted by Crippen LogP contribution is -2.35. The van der Waals surface area contributed by atoms with Crippen molar-refractivity contribution in [2.75, 3.05) is 26.2 Å². The Morgan fingerprint density at radius 1 is 1.12 bits per heavy atom. The third kappa shape index (κ3) is 4.22. The molecule has 0 spiro atoms. The predicted molar refractivity (Wildman–Crippen MR) is 99.8 cm³/mol. The lowest BCUT2D eigenvalue weighted by atomic mass is 10.1. The van der Waals surface area contributed by atoms with Crippen LogP contribution in [0.5, 0.6) is 5.75 Å². The molecule has 0 bridgehead atoms. The number of benzene rings is 2. The second-order valence-corrected chi connectivity index (χ2v) is 6.75. The van der Waals surface area contributed by atoms with Crippen LogP contribution in [0.25, 0.3) is 0 Å². The highest BCUT2D eigenvalue weighted by Crippen LogP contribution is 2.21. The number of rotatable bonds is 3. The molecule has 1 heterocycles. The number of aryl methyl sites for hydroxylation is 1. The molecule has 0 radical (unpaired) electrons. The van der Waals surface area contributed by atoms with Crippen LogP contribution in [0.1, 0.15) is 33.5 Å². The van der Waals surface area contributed by atoms with E-state index >= 15 is 0 Å².